The highest BCUT2D eigenvalue weighted by molar-refractivity contribution is 5.20. The van der Waals surface area contributed by atoms with Crippen molar-refractivity contribution in [1.29, 1.82) is 0 Å². The molecule has 4 nitrogen and oxygen atoms in total. The van der Waals surface area contributed by atoms with Gasteiger partial charge in [0.05, 0.1) is 13.4 Å². The van der Waals surface area contributed by atoms with Crippen LogP contribution in [0, 0.1) is 0 Å². The number of rotatable bonds is 5. The van der Waals surface area contributed by atoms with Gasteiger partial charge in [0.1, 0.15) is 6.10 Å². The van der Waals surface area contributed by atoms with Crippen molar-refractivity contribution in [3.63, 3.8) is 0 Å². The average Bonchev–Trinajstić information content (AvgIpc) is 2.40. The molecule has 0 aromatic carbocycles. The predicted octanol–water partition coefficient (Wildman–Crippen LogP) is 1.87. The average molecular weight is 234 g/mol. The van der Waals surface area contributed by atoms with Crippen LogP contribution in [0.15, 0.2) is 30.7 Å². The summed E-state index contributed by atoms with van der Waals surface area (Å²) in [7, 11) is 1.63. The lowest BCUT2D eigenvalue weighted by Crippen LogP contribution is -2.28. The summed E-state index contributed by atoms with van der Waals surface area (Å²) in [4.78, 5) is 4.07. The zero-order valence-corrected chi connectivity index (χ0v) is 10.1. The highest BCUT2D eigenvalue weighted by Crippen LogP contribution is 2.10. The first-order valence-corrected chi connectivity index (χ1v) is 5.88. The van der Waals surface area contributed by atoms with E-state index in [9.17, 15) is 0 Å². The number of pyridine rings is 1. The third-order valence-corrected chi connectivity index (χ3v) is 2.73. The molecule has 1 aromatic heterocycles. The van der Waals surface area contributed by atoms with Crippen molar-refractivity contribution in [1.82, 2.24) is 10.3 Å². The van der Waals surface area contributed by atoms with Crippen LogP contribution in [0.2, 0.25) is 0 Å². The van der Waals surface area contributed by atoms with Gasteiger partial charge in [0.2, 0.25) is 5.88 Å². The molecule has 0 fully saturated rings. The van der Waals surface area contributed by atoms with Crippen LogP contribution >= 0.6 is 0 Å². The highest BCUT2D eigenvalue weighted by Gasteiger charge is 2.09. The third kappa shape index (κ3) is 3.75. The summed E-state index contributed by atoms with van der Waals surface area (Å²) in [5.74, 6) is 0.654. The molecule has 1 aliphatic heterocycles. The second-order valence-electron chi connectivity index (χ2n) is 4.04. The molecule has 92 valence electrons. The summed E-state index contributed by atoms with van der Waals surface area (Å²) in [5, 5.41) is 3.38. The predicted molar refractivity (Wildman–Crippen MR) is 65.7 cm³/mol. The van der Waals surface area contributed by atoms with E-state index in [4.69, 9.17) is 9.47 Å². The van der Waals surface area contributed by atoms with E-state index in [0.29, 0.717) is 12.0 Å². The van der Waals surface area contributed by atoms with Gasteiger partial charge in [-0.25, -0.2) is 4.98 Å². The molecule has 1 unspecified atom stereocenters. The topological polar surface area (TPSA) is 43.4 Å². The molecule has 2 heterocycles. The van der Waals surface area contributed by atoms with Crippen molar-refractivity contribution < 1.29 is 9.47 Å². The van der Waals surface area contributed by atoms with Crippen LogP contribution in [0.4, 0.5) is 0 Å². The number of nitrogens with zero attached hydrogens (tertiary/aromatic N) is 1. The molecule has 2 rings (SSSR count). The van der Waals surface area contributed by atoms with Crippen molar-refractivity contribution in [3.05, 3.63) is 36.2 Å². The van der Waals surface area contributed by atoms with Gasteiger partial charge in [-0.3, -0.25) is 0 Å². The molecule has 0 bridgehead atoms. The molecule has 0 amide bonds. The number of methoxy groups -OCH3 is 1. The van der Waals surface area contributed by atoms with E-state index in [2.05, 4.69) is 16.4 Å². The van der Waals surface area contributed by atoms with Crippen LogP contribution in [0.3, 0.4) is 0 Å². The molecular weight excluding hydrogens is 216 g/mol. The second-order valence-corrected chi connectivity index (χ2v) is 4.04. The standard InChI is InChI=1S/C13H18N2O2/c1-16-13-8-11(5-6-15-13)9-14-10-12-4-2-3-7-17-12/h3,5-8,12,14H,2,4,9-10H2,1H3. The molecule has 4 heteroatoms. The molecule has 0 aliphatic carbocycles. The maximum atomic E-state index is 5.48. The summed E-state index contributed by atoms with van der Waals surface area (Å²) in [6.07, 6.45) is 8.10. The van der Waals surface area contributed by atoms with Gasteiger partial charge >= 0.3 is 0 Å². The number of nitrogens with one attached hydrogen (secondary N) is 1. The molecule has 1 aliphatic rings. The van der Waals surface area contributed by atoms with Crippen molar-refractivity contribution >= 4 is 0 Å². The summed E-state index contributed by atoms with van der Waals surface area (Å²) >= 11 is 0. The SMILES string of the molecule is COc1cc(CNCC2CCC=CO2)ccn1. The van der Waals surface area contributed by atoms with Crippen LogP contribution in [0.5, 0.6) is 5.88 Å². The van der Waals surface area contributed by atoms with Gasteiger partial charge in [0.25, 0.3) is 0 Å². The Kier molecular flexibility index (Phi) is 4.38. The molecule has 1 atom stereocenters. The van der Waals surface area contributed by atoms with Gasteiger partial charge in [-0.05, 0) is 30.5 Å². The van der Waals surface area contributed by atoms with E-state index in [-0.39, 0.29) is 0 Å². The van der Waals surface area contributed by atoms with Gasteiger partial charge in [0, 0.05) is 25.4 Å². The highest BCUT2D eigenvalue weighted by atomic mass is 16.5. The first kappa shape index (κ1) is 11.9. The number of ether oxygens (including phenoxy) is 2. The van der Waals surface area contributed by atoms with Crippen molar-refractivity contribution in [3.8, 4) is 5.88 Å². The van der Waals surface area contributed by atoms with Crippen LogP contribution < -0.4 is 10.1 Å². The lowest BCUT2D eigenvalue weighted by Gasteiger charge is -2.19. The minimum Gasteiger partial charge on any atom is -0.497 e. The van der Waals surface area contributed by atoms with Crippen LogP contribution in [-0.2, 0) is 11.3 Å². The Labute approximate surface area is 102 Å². The third-order valence-electron chi connectivity index (χ3n) is 2.73. The van der Waals surface area contributed by atoms with Gasteiger partial charge in [-0.1, -0.05) is 0 Å². The normalized spacial score (nSPS) is 18.8. The quantitative estimate of drug-likeness (QED) is 0.844. The molecule has 0 saturated heterocycles. The summed E-state index contributed by atoms with van der Waals surface area (Å²) in [6.45, 7) is 1.68. The Morgan fingerprint density at radius 1 is 1.59 bits per heavy atom. The first-order chi connectivity index (χ1) is 8.38. The fourth-order valence-corrected chi connectivity index (χ4v) is 1.78. The zero-order valence-electron chi connectivity index (χ0n) is 10.1. The lowest BCUT2D eigenvalue weighted by molar-refractivity contribution is 0.122. The van der Waals surface area contributed by atoms with Crippen molar-refractivity contribution in [2.24, 2.45) is 0 Å². The Hall–Kier alpha value is -1.55. The largest absolute Gasteiger partial charge is 0.497 e. The minimum absolute atomic E-state index is 0.295. The van der Waals surface area contributed by atoms with E-state index in [0.717, 1.165) is 25.9 Å². The Bertz CT molecular complexity index is 379. The summed E-state index contributed by atoms with van der Waals surface area (Å²) in [5.41, 5.74) is 1.17. The van der Waals surface area contributed by atoms with Gasteiger partial charge in [-0.15, -0.1) is 0 Å². The fraction of sp³-hybridized carbons (Fsp3) is 0.462. The van der Waals surface area contributed by atoms with Crippen molar-refractivity contribution in [2.45, 2.75) is 25.5 Å². The van der Waals surface area contributed by atoms with E-state index < -0.39 is 0 Å². The molecule has 17 heavy (non-hydrogen) atoms. The minimum atomic E-state index is 0.295. The number of aromatic nitrogens is 1. The second kappa shape index (κ2) is 6.25. The molecule has 1 aromatic rings. The molecular formula is C13H18N2O2. The Morgan fingerprint density at radius 3 is 3.29 bits per heavy atom. The Balaban J connectivity index is 1.75. The molecule has 0 saturated carbocycles. The molecule has 1 N–H and O–H groups in total. The number of allylic oxidation sites excluding steroid dienone is 1. The smallest absolute Gasteiger partial charge is 0.213 e. The zero-order chi connectivity index (χ0) is 11.9. The maximum Gasteiger partial charge on any atom is 0.213 e. The molecule has 0 radical (unpaired) electrons. The van der Waals surface area contributed by atoms with Crippen molar-refractivity contribution in [2.75, 3.05) is 13.7 Å². The molecule has 0 spiro atoms. The van der Waals surface area contributed by atoms with E-state index in [1.807, 2.05) is 12.1 Å². The Morgan fingerprint density at radius 2 is 2.53 bits per heavy atom. The lowest BCUT2D eigenvalue weighted by atomic mass is 10.1. The first-order valence-electron chi connectivity index (χ1n) is 5.88. The van der Waals surface area contributed by atoms with Gasteiger partial charge < -0.3 is 14.8 Å². The van der Waals surface area contributed by atoms with E-state index in [1.165, 1.54) is 5.56 Å². The number of hydrogen-bond donors (Lipinski definition) is 1. The fourth-order valence-electron chi connectivity index (χ4n) is 1.78. The van der Waals surface area contributed by atoms with Crippen LogP contribution in [0.1, 0.15) is 18.4 Å². The van der Waals surface area contributed by atoms with E-state index in [1.54, 1.807) is 19.6 Å². The van der Waals surface area contributed by atoms with Gasteiger partial charge in [0.15, 0.2) is 0 Å². The monoisotopic (exact) mass is 234 g/mol. The number of hydrogen-bond acceptors (Lipinski definition) is 4. The van der Waals surface area contributed by atoms with Crippen LogP contribution in [0.25, 0.3) is 0 Å². The van der Waals surface area contributed by atoms with Crippen LogP contribution in [-0.4, -0.2) is 24.7 Å². The summed E-state index contributed by atoms with van der Waals surface area (Å²) < 4.78 is 10.6. The van der Waals surface area contributed by atoms with Gasteiger partial charge in [-0.2, -0.15) is 0 Å². The maximum absolute atomic E-state index is 5.48. The summed E-state index contributed by atoms with van der Waals surface area (Å²) in [6, 6.07) is 3.92. The van der Waals surface area contributed by atoms with E-state index >= 15 is 0 Å².